The average Bonchev–Trinajstić information content (AvgIpc) is 2.81. The van der Waals surface area contributed by atoms with Crippen molar-refractivity contribution in [2.24, 2.45) is 0 Å². The standard InChI is InChI=1S/C11H17N3O3/c1-3-6-13(8-10(15)17-4-2)11(16)14-7-5-12-9-14/h5,7,9H,3-4,6,8H2,1-2H3. The molecule has 0 aliphatic heterocycles. The summed E-state index contributed by atoms with van der Waals surface area (Å²) in [5.41, 5.74) is 0. The molecule has 0 spiro atoms. The number of hydrogen-bond donors (Lipinski definition) is 0. The number of carbonyl (C=O) groups is 2. The van der Waals surface area contributed by atoms with Gasteiger partial charge in [-0.05, 0) is 13.3 Å². The maximum atomic E-state index is 12.0. The van der Waals surface area contributed by atoms with Crippen molar-refractivity contribution in [3.63, 3.8) is 0 Å². The van der Waals surface area contributed by atoms with E-state index in [0.29, 0.717) is 13.2 Å². The van der Waals surface area contributed by atoms with Crippen LogP contribution in [0.25, 0.3) is 0 Å². The van der Waals surface area contributed by atoms with Crippen LogP contribution in [0.2, 0.25) is 0 Å². The Balaban J connectivity index is 2.65. The SMILES string of the molecule is CCCN(CC(=O)OCC)C(=O)n1ccnc1. The van der Waals surface area contributed by atoms with Gasteiger partial charge in [-0.1, -0.05) is 6.92 Å². The van der Waals surface area contributed by atoms with Crippen molar-refractivity contribution in [2.75, 3.05) is 19.7 Å². The summed E-state index contributed by atoms with van der Waals surface area (Å²) < 4.78 is 6.17. The molecule has 1 aromatic heterocycles. The molecular formula is C11H17N3O3. The number of rotatable bonds is 5. The second-order valence-corrected chi connectivity index (χ2v) is 3.48. The van der Waals surface area contributed by atoms with Gasteiger partial charge in [-0.15, -0.1) is 0 Å². The molecule has 6 nitrogen and oxygen atoms in total. The number of amides is 1. The van der Waals surface area contributed by atoms with Gasteiger partial charge in [-0.3, -0.25) is 9.36 Å². The van der Waals surface area contributed by atoms with Gasteiger partial charge in [-0.25, -0.2) is 9.78 Å². The Morgan fingerprint density at radius 2 is 2.18 bits per heavy atom. The fraction of sp³-hybridized carbons (Fsp3) is 0.545. The summed E-state index contributed by atoms with van der Waals surface area (Å²) in [4.78, 5) is 28.6. The Bertz CT molecular complexity index is 362. The van der Waals surface area contributed by atoms with Crippen molar-refractivity contribution in [1.29, 1.82) is 0 Å². The number of ether oxygens (including phenoxy) is 1. The van der Waals surface area contributed by atoms with E-state index in [9.17, 15) is 9.59 Å². The van der Waals surface area contributed by atoms with Gasteiger partial charge in [0.05, 0.1) is 6.61 Å². The van der Waals surface area contributed by atoms with E-state index in [1.54, 1.807) is 13.1 Å². The van der Waals surface area contributed by atoms with Crippen molar-refractivity contribution in [3.05, 3.63) is 18.7 Å². The van der Waals surface area contributed by atoms with Crippen LogP contribution < -0.4 is 0 Å². The van der Waals surface area contributed by atoms with Crippen LogP contribution in [-0.2, 0) is 9.53 Å². The highest BCUT2D eigenvalue weighted by Gasteiger charge is 2.18. The molecule has 94 valence electrons. The fourth-order valence-corrected chi connectivity index (χ4v) is 1.41. The van der Waals surface area contributed by atoms with Crippen molar-refractivity contribution < 1.29 is 14.3 Å². The van der Waals surface area contributed by atoms with Gasteiger partial charge in [0.2, 0.25) is 0 Å². The van der Waals surface area contributed by atoms with Gasteiger partial charge in [0.1, 0.15) is 12.9 Å². The van der Waals surface area contributed by atoms with Crippen LogP contribution >= 0.6 is 0 Å². The van der Waals surface area contributed by atoms with Gasteiger partial charge in [0.25, 0.3) is 0 Å². The minimum atomic E-state index is -0.394. The summed E-state index contributed by atoms with van der Waals surface area (Å²) in [6, 6.07) is -0.266. The topological polar surface area (TPSA) is 64.4 Å². The Hall–Kier alpha value is -1.85. The third-order valence-corrected chi connectivity index (χ3v) is 2.11. The molecule has 1 amide bonds. The maximum absolute atomic E-state index is 12.0. The molecule has 0 aromatic carbocycles. The van der Waals surface area contributed by atoms with Gasteiger partial charge in [-0.2, -0.15) is 0 Å². The summed E-state index contributed by atoms with van der Waals surface area (Å²) in [5, 5.41) is 0. The maximum Gasteiger partial charge on any atom is 0.329 e. The Kier molecular flexibility index (Phi) is 5.19. The number of aromatic nitrogens is 2. The minimum Gasteiger partial charge on any atom is -0.465 e. The highest BCUT2D eigenvalue weighted by molar-refractivity contribution is 5.82. The summed E-state index contributed by atoms with van der Waals surface area (Å²) in [7, 11) is 0. The summed E-state index contributed by atoms with van der Waals surface area (Å²) >= 11 is 0. The molecule has 0 aliphatic carbocycles. The van der Waals surface area contributed by atoms with Gasteiger partial charge in [0, 0.05) is 18.9 Å². The van der Waals surface area contributed by atoms with Crippen LogP contribution in [0.15, 0.2) is 18.7 Å². The van der Waals surface area contributed by atoms with Gasteiger partial charge in [0.15, 0.2) is 0 Å². The first-order valence-corrected chi connectivity index (χ1v) is 5.61. The monoisotopic (exact) mass is 239 g/mol. The van der Waals surface area contributed by atoms with Crippen molar-refractivity contribution in [2.45, 2.75) is 20.3 Å². The molecule has 1 aromatic rings. The molecule has 0 radical (unpaired) electrons. The van der Waals surface area contributed by atoms with E-state index in [2.05, 4.69) is 4.98 Å². The van der Waals surface area contributed by atoms with Crippen molar-refractivity contribution in [1.82, 2.24) is 14.5 Å². The zero-order chi connectivity index (χ0) is 12.7. The lowest BCUT2D eigenvalue weighted by Gasteiger charge is -2.20. The first kappa shape index (κ1) is 13.2. The summed E-state index contributed by atoms with van der Waals surface area (Å²) in [6.07, 6.45) is 5.26. The molecule has 0 saturated heterocycles. The molecule has 0 N–H and O–H groups in total. The lowest BCUT2D eigenvalue weighted by atomic mass is 10.4. The predicted octanol–water partition coefficient (Wildman–Crippen LogP) is 1.13. The van der Waals surface area contributed by atoms with Gasteiger partial charge < -0.3 is 9.64 Å². The smallest absolute Gasteiger partial charge is 0.329 e. The number of hydrogen-bond acceptors (Lipinski definition) is 4. The third kappa shape index (κ3) is 3.90. The molecule has 6 heteroatoms. The summed E-state index contributed by atoms with van der Waals surface area (Å²) in [5.74, 6) is -0.394. The largest absolute Gasteiger partial charge is 0.465 e. The highest BCUT2D eigenvalue weighted by atomic mass is 16.5. The Morgan fingerprint density at radius 3 is 2.71 bits per heavy atom. The lowest BCUT2D eigenvalue weighted by Crippen LogP contribution is -2.39. The van der Waals surface area contributed by atoms with Crippen LogP contribution in [0.4, 0.5) is 4.79 Å². The molecule has 0 saturated carbocycles. The first-order chi connectivity index (χ1) is 8.19. The Morgan fingerprint density at radius 1 is 1.41 bits per heavy atom. The van der Waals surface area contributed by atoms with Crippen LogP contribution in [0.3, 0.4) is 0 Å². The van der Waals surface area contributed by atoms with Crippen LogP contribution in [0.1, 0.15) is 20.3 Å². The average molecular weight is 239 g/mol. The second kappa shape index (κ2) is 6.67. The fourth-order valence-electron chi connectivity index (χ4n) is 1.41. The third-order valence-electron chi connectivity index (χ3n) is 2.11. The molecule has 0 atom stereocenters. The van der Waals surface area contributed by atoms with E-state index in [0.717, 1.165) is 6.42 Å². The number of imidazole rings is 1. The molecule has 0 bridgehead atoms. The predicted molar refractivity (Wildman–Crippen MR) is 61.5 cm³/mol. The number of carbonyl (C=O) groups excluding carboxylic acids is 2. The van der Waals surface area contributed by atoms with E-state index < -0.39 is 5.97 Å². The lowest BCUT2D eigenvalue weighted by molar-refractivity contribution is -0.143. The van der Waals surface area contributed by atoms with Crippen LogP contribution in [0, 0.1) is 0 Å². The molecule has 1 heterocycles. The highest BCUT2D eigenvalue weighted by Crippen LogP contribution is 1.99. The molecule has 17 heavy (non-hydrogen) atoms. The first-order valence-electron chi connectivity index (χ1n) is 5.61. The van der Waals surface area contributed by atoms with Crippen molar-refractivity contribution >= 4 is 12.0 Å². The van der Waals surface area contributed by atoms with Crippen LogP contribution in [-0.4, -0.2) is 46.1 Å². The second-order valence-electron chi connectivity index (χ2n) is 3.48. The van der Waals surface area contributed by atoms with E-state index in [-0.39, 0.29) is 12.6 Å². The summed E-state index contributed by atoms with van der Waals surface area (Å²) in [6.45, 7) is 4.48. The van der Waals surface area contributed by atoms with Crippen molar-refractivity contribution in [3.8, 4) is 0 Å². The molecular weight excluding hydrogens is 222 g/mol. The van der Waals surface area contributed by atoms with Crippen LogP contribution in [0.5, 0.6) is 0 Å². The molecule has 0 aliphatic rings. The Labute approximate surface area is 100 Å². The van der Waals surface area contributed by atoms with E-state index in [1.165, 1.54) is 22.0 Å². The minimum absolute atomic E-state index is 0.0291. The number of esters is 1. The number of nitrogens with zero attached hydrogens (tertiary/aromatic N) is 3. The van der Waals surface area contributed by atoms with E-state index in [4.69, 9.17) is 4.74 Å². The zero-order valence-electron chi connectivity index (χ0n) is 10.1. The molecule has 1 rings (SSSR count). The van der Waals surface area contributed by atoms with E-state index in [1.807, 2.05) is 6.92 Å². The van der Waals surface area contributed by atoms with E-state index >= 15 is 0 Å². The van der Waals surface area contributed by atoms with Gasteiger partial charge >= 0.3 is 12.0 Å². The molecule has 0 unspecified atom stereocenters. The molecule has 0 fully saturated rings. The zero-order valence-corrected chi connectivity index (χ0v) is 10.1. The normalized spacial score (nSPS) is 10.0. The quantitative estimate of drug-likeness (QED) is 0.722.